The van der Waals surface area contributed by atoms with Gasteiger partial charge in [0.15, 0.2) is 0 Å². The Morgan fingerprint density at radius 3 is 2.76 bits per heavy atom. The molecule has 154 valence electrons. The number of aryl methyl sites for hydroxylation is 1. The number of hydrogen-bond acceptors (Lipinski definition) is 3. The Bertz CT molecular complexity index is 921. The van der Waals surface area contributed by atoms with E-state index in [4.69, 9.17) is 22.1 Å². The van der Waals surface area contributed by atoms with E-state index >= 15 is 0 Å². The molecule has 2 amide bonds. The molecule has 1 fully saturated rings. The number of benzene rings is 2. The molecule has 1 aliphatic rings. The number of halogens is 2. The van der Waals surface area contributed by atoms with E-state index in [9.17, 15) is 14.0 Å². The first-order chi connectivity index (χ1) is 13.8. The molecule has 0 saturated carbocycles. The number of carbonyl (C=O) groups excluding carboxylic acids is 2. The highest BCUT2D eigenvalue weighted by molar-refractivity contribution is 6.31. The number of nitrogens with two attached hydrogens (primary N) is 1. The number of nitrogens with zero attached hydrogens (tertiary/aromatic N) is 1. The minimum atomic E-state index is -0.597. The molecule has 29 heavy (non-hydrogen) atoms. The second kappa shape index (κ2) is 8.82. The number of amides is 2. The predicted octanol–water partition coefficient (Wildman–Crippen LogP) is 3.96. The van der Waals surface area contributed by atoms with Gasteiger partial charge in [0.1, 0.15) is 11.6 Å². The second-order valence-electron chi connectivity index (χ2n) is 7.68. The van der Waals surface area contributed by atoms with Gasteiger partial charge in [0, 0.05) is 35.5 Å². The molecule has 2 aromatic rings. The second-order valence-corrected chi connectivity index (χ2v) is 8.09. The highest BCUT2D eigenvalue weighted by atomic mass is 35.5. The van der Waals surface area contributed by atoms with Gasteiger partial charge in [0.2, 0.25) is 5.91 Å². The third kappa shape index (κ3) is 5.26. The normalized spacial score (nSPS) is 19.1. The standard InChI is InChI=1S/C22H24ClFN2O3/c1-15-10-18(6-7-19(15)23)29-14-22(12-20(25)27)8-3-9-26(13-22)21(28)16-4-2-5-17(24)11-16/h2,4-7,10-11H,3,8-9,12-14H2,1H3,(H2,25,27). The van der Waals surface area contributed by atoms with Gasteiger partial charge in [-0.2, -0.15) is 0 Å². The van der Waals surface area contributed by atoms with Gasteiger partial charge in [-0.25, -0.2) is 4.39 Å². The maximum atomic E-state index is 13.5. The predicted molar refractivity (Wildman–Crippen MR) is 109 cm³/mol. The summed E-state index contributed by atoms with van der Waals surface area (Å²) in [6.45, 7) is 2.98. The van der Waals surface area contributed by atoms with Crippen LogP contribution in [0.2, 0.25) is 5.02 Å². The molecule has 2 N–H and O–H groups in total. The van der Waals surface area contributed by atoms with Gasteiger partial charge in [0.05, 0.1) is 6.61 Å². The lowest BCUT2D eigenvalue weighted by molar-refractivity contribution is -0.122. The number of rotatable bonds is 6. The van der Waals surface area contributed by atoms with Crippen LogP contribution in [0.15, 0.2) is 42.5 Å². The summed E-state index contributed by atoms with van der Waals surface area (Å²) in [6.07, 6.45) is 1.51. The van der Waals surface area contributed by atoms with Crippen LogP contribution in [0.4, 0.5) is 4.39 Å². The largest absolute Gasteiger partial charge is 0.493 e. The van der Waals surface area contributed by atoms with E-state index in [1.54, 1.807) is 23.1 Å². The molecule has 2 aromatic carbocycles. The fraction of sp³-hybridized carbons (Fsp3) is 0.364. The zero-order valence-electron chi connectivity index (χ0n) is 16.3. The van der Waals surface area contributed by atoms with Crippen molar-refractivity contribution >= 4 is 23.4 Å². The molecule has 0 radical (unpaired) electrons. The Kier molecular flexibility index (Phi) is 6.42. The van der Waals surface area contributed by atoms with Gasteiger partial charge in [-0.1, -0.05) is 17.7 Å². The maximum Gasteiger partial charge on any atom is 0.253 e. The average Bonchev–Trinajstić information content (AvgIpc) is 2.68. The quantitative estimate of drug-likeness (QED) is 0.771. The van der Waals surface area contributed by atoms with E-state index < -0.39 is 17.1 Å². The highest BCUT2D eigenvalue weighted by Gasteiger charge is 2.39. The third-order valence-electron chi connectivity index (χ3n) is 5.24. The van der Waals surface area contributed by atoms with Gasteiger partial charge in [-0.15, -0.1) is 0 Å². The molecule has 1 saturated heterocycles. The molecule has 3 rings (SSSR count). The zero-order valence-corrected chi connectivity index (χ0v) is 17.0. The topological polar surface area (TPSA) is 72.6 Å². The molecule has 7 heteroatoms. The summed E-state index contributed by atoms with van der Waals surface area (Å²) >= 11 is 6.06. The summed E-state index contributed by atoms with van der Waals surface area (Å²) in [7, 11) is 0. The van der Waals surface area contributed by atoms with Crippen LogP contribution in [0.5, 0.6) is 5.75 Å². The summed E-state index contributed by atoms with van der Waals surface area (Å²) < 4.78 is 19.5. The van der Waals surface area contributed by atoms with Crippen LogP contribution in [0, 0.1) is 18.2 Å². The lowest BCUT2D eigenvalue weighted by atomic mass is 9.77. The summed E-state index contributed by atoms with van der Waals surface area (Å²) in [5.41, 5.74) is 6.09. The van der Waals surface area contributed by atoms with E-state index in [2.05, 4.69) is 0 Å². The van der Waals surface area contributed by atoms with Gasteiger partial charge in [-0.05, 0) is 61.7 Å². The number of carbonyl (C=O) groups is 2. The first-order valence-corrected chi connectivity index (χ1v) is 9.88. The minimum absolute atomic E-state index is 0.104. The van der Waals surface area contributed by atoms with Gasteiger partial charge < -0.3 is 15.4 Å². The Morgan fingerprint density at radius 2 is 2.07 bits per heavy atom. The zero-order chi connectivity index (χ0) is 21.0. The van der Waals surface area contributed by atoms with Crippen molar-refractivity contribution in [2.75, 3.05) is 19.7 Å². The average molecular weight is 419 g/mol. The van der Waals surface area contributed by atoms with E-state index in [0.717, 1.165) is 5.56 Å². The van der Waals surface area contributed by atoms with Crippen molar-refractivity contribution in [2.24, 2.45) is 11.1 Å². The van der Waals surface area contributed by atoms with E-state index in [-0.39, 0.29) is 24.5 Å². The number of ether oxygens (including phenoxy) is 1. The molecule has 0 spiro atoms. The Hall–Kier alpha value is -2.60. The molecular weight excluding hydrogens is 395 g/mol. The fourth-order valence-corrected chi connectivity index (χ4v) is 3.93. The monoisotopic (exact) mass is 418 g/mol. The number of primary amides is 1. The summed E-state index contributed by atoms with van der Waals surface area (Å²) in [5, 5.41) is 0.647. The minimum Gasteiger partial charge on any atom is -0.493 e. The van der Waals surface area contributed by atoms with Crippen LogP contribution in [0.3, 0.4) is 0 Å². The molecule has 1 atom stereocenters. The van der Waals surface area contributed by atoms with Crippen LogP contribution in [0.25, 0.3) is 0 Å². The lowest BCUT2D eigenvalue weighted by Gasteiger charge is -2.42. The number of likely N-dealkylation sites (tertiary alicyclic amines) is 1. The Morgan fingerprint density at radius 1 is 1.28 bits per heavy atom. The van der Waals surface area contributed by atoms with Crippen molar-refractivity contribution in [2.45, 2.75) is 26.2 Å². The molecule has 0 bridgehead atoms. The van der Waals surface area contributed by atoms with Crippen molar-refractivity contribution < 1.29 is 18.7 Å². The molecule has 0 aromatic heterocycles. The summed E-state index contributed by atoms with van der Waals surface area (Å²) in [4.78, 5) is 26.3. The third-order valence-corrected chi connectivity index (χ3v) is 5.67. The van der Waals surface area contributed by atoms with Gasteiger partial charge >= 0.3 is 0 Å². The summed E-state index contributed by atoms with van der Waals surface area (Å²) in [5.74, 6) is -0.525. The van der Waals surface area contributed by atoms with E-state index in [1.807, 2.05) is 13.0 Å². The Labute approximate surface area is 174 Å². The van der Waals surface area contributed by atoms with Gasteiger partial charge in [-0.3, -0.25) is 9.59 Å². The van der Waals surface area contributed by atoms with Crippen molar-refractivity contribution in [3.8, 4) is 5.75 Å². The van der Waals surface area contributed by atoms with E-state index in [1.165, 1.54) is 18.2 Å². The lowest BCUT2D eigenvalue weighted by Crippen LogP contribution is -2.50. The van der Waals surface area contributed by atoms with Crippen molar-refractivity contribution in [1.29, 1.82) is 0 Å². The van der Waals surface area contributed by atoms with E-state index in [0.29, 0.717) is 36.7 Å². The molecule has 1 unspecified atom stereocenters. The maximum absolute atomic E-state index is 13.5. The fourth-order valence-electron chi connectivity index (χ4n) is 3.81. The smallest absolute Gasteiger partial charge is 0.253 e. The molecule has 5 nitrogen and oxygen atoms in total. The van der Waals surface area contributed by atoms with Crippen molar-refractivity contribution in [1.82, 2.24) is 4.90 Å². The van der Waals surface area contributed by atoms with Crippen molar-refractivity contribution in [3.63, 3.8) is 0 Å². The van der Waals surface area contributed by atoms with Crippen LogP contribution in [0.1, 0.15) is 35.2 Å². The van der Waals surface area contributed by atoms with Crippen LogP contribution < -0.4 is 10.5 Å². The van der Waals surface area contributed by atoms with Crippen LogP contribution >= 0.6 is 11.6 Å². The van der Waals surface area contributed by atoms with Crippen LogP contribution in [-0.4, -0.2) is 36.4 Å². The molecule has 1 heterocycles. The number of hydrogen-bond donors (Lipinski definition) is 1. The molecule has 1 aliphatic heterocycles. The molecular formula is C22H24ClFN2O3. The highest BCUT2D eigenvalue weighted by Crippen LogP contribution is 2.35. The first-order valence-electron chi connectivity index (χ1n) is 9.50. The van der Waals surface area contributed by atoms with Crippen molar-refractivity contribution in [3.05, 3.63) is 64.4 Å². The van der Waals surface area contributed by atoms with Gasteiger partial charge in [0.25, 0.3) is 5.91 Å². The first kappa shape index (κ1) is 21.1. The SMILES string of the molecule is Cc1cc(OCC2(CC(N)=O)CCCN(C(=O)c3cccc(F)c3)C2)ccc1Cl. The summed E-state index contributed by atoms with van der Waals surface area (Å²) in [6, 6.07) is 11.0. The Balaban J connectivity index is 1.78. The van der Waals surface area contributed by atoms with Crippen LogP contribution in [-0.2, 0) is 4.79 Å². The number of piperidine rings is 1. The molecule has 0 aliphatic carbocycles.